The van der Waals surface area contributed by atoms with E-state index in [1.807, 2.05) is 6.92 Å². The quantitative estimate of drug-likeness (QED) is 0.764. The van der Waals surface area contributed by atoms with Crippen molar-refractivity contribution in [1.29, 1.82) is 0 Å². The minimum absolute atomic E-state index is 0.104. The summed E-state index contributed by atoms with van der Waals surface area (Å²) in [5.41, 5.74) is -2.14. The average Bonchev–Trinajstić information content (AvgIpc) is 3.28. The number of aliphatic imine (C=N–C) groups is 3. The van der Waals surface area contributed by atoms with Gasteiger partial charge in [-0.3, -0.25) is 4.99 Å². The molecule has 0 aromatic carbocycles. The molecule has 0 aromatic rings. The highest BCUT2D eigenvalue weighted by Gasteiger charge is 2.75. The summed E-state index contributed by atoms with van der Waals surface area (Å²) in [6.45, 7) is 2.26. The summed E-state index contributed by atoms with van der Waals surface area (Å²) in [5.74, 6) is 0.504. The van der Waals surface area contributed by atoms with Gasteiger partial charge in [0.15, 0.2) is 5.70 Å². The molecule has 2 heterocycles. The predicted molar refractivity (Wildman–Crippen MR) is 99.7 cm³/mol. The molecular formula is C19H25F3N4O2. The van der Waals surface area contributed by atoms with Crippen molar-refractivity contribution in [2.75, 3.05) is 13.7 Å². The molecule has 28 heavy (non-hydrogen) atoms. The normalized spacial score (nSPS) is 39.4. The molecule has 2 fully saturated rings. The van der Waals surface area contributed by atoms with Crippen LogP contribution in [0.1, 0.15) is 39.0 Å². The first-order valence-corrected chi connectivity index (χ1v) is 9.66. The number of guanidine groups is 1. The van der Waals surface area contributed by atoms with Crippen LogP contribution < -0.4 is 5.32 Å². The van der Waals surface area contributed by atoms with E-state index in [2.05, 4.69) is 20.3 Å². The molecule has 0 radical (unpaired) electrons. The third-order valence-electron chi connectivity index (χ3n) is 6.45. The van der Waals surface area contributed by atoms with E-state index in [0.717, 1.165) is 12.8 Å². The molecule has 0 saturated heterocycles. The summed E-state index contributed by atoms with van der Waals surface area (Å²) in [6, 6.07) is -0.163. The van der Waals surface area contributed by atoms with Crippen molar-refractivity contribution in [2.24, 2.45) is 26.3 Å². The van der Waals surface area contributed by atoms with E-state index in [4.69, 9.17) is 4.74 Å². The van der Waals surface area contributed by atoms with Crippen LogP contribution in [-0.4, -0.2) is 61.1 Å². The van der Waals surface area contributed by atoms with Crippen molar-refractivity contribution >= 4 is 18.4 Å². The van der Waals surface area contributed by atoms with Gasteiger partial charge in [0.05, 0.1) is 24.3 Å². The second-order valence-corrected chi connectivity index (χ2v) is 8.29. The molecule has 0 aromatic heterocycles. The van der Waals surface area contributed by atoms with Crippen LogP contribution in [0.3, 0.4) is 0 Å². The van der Waals surface area contributed by atoms with E-state index >= 15 is 0 Å². The molecule has 2 unspecified atom stereocenters. The molecule has 2 saturated carbocycles. The zero-order valence-electron chi connectivity index (χ0n) is 16.0. The standard InChI is InChI=1S/C19H25F3N4O2/c1-11(8-28-2)25-16-23-7-14-15(19(20,21)22)24-10-17(9-18(14,17)26-16)12-3-5-13(27)6-4-12/h7,10-13,27H,3-6,8-9H2,1-2H3,(H,25,26)/t11-,12?,13?,17?,18?/m0/s1. The average molecular weight is 398 g/mol. The van der Waals surface area contributed by atoms with Crippen molar-refractivity contribution in [3.63, 3.8) is 0 Å². The number of hydrogen-bond acceptors (Lipinski definition) is 4. The lowest BCUT2D eigenvalue weighted by Crippen LogP contribution is -2.51. The molecule has 4 rings (SSSR count). The van der Waals surface area contributed by atoms with Crippen molar-refractivity contribution in [3.8, 4) is 0 Å². The van der Waals surface area contributed by atoms with Gasteiger partial charge in [-0.1, -0.05) is 0 Å². The van der Waals surface area contributed by atoms with Crippen molar-refractivity contribution in [1.82, 2.24) is 5.32 Å². The first-order chi connectivity index (χ1) is 13.2. The van der Waals surface area contributed by atoms with Crippen molar-refractivity contribution in [2.45, 2.75) is 62.9 Å². The molecule has 4 aliphatic rings. The van der Waals surface area contributed by atoms with E-state index in [1.54, 1.807) is 7.11 Å². The fourth-order valence-electron chi connectivity index (χ4n) is 5.06. The molecule has 0 amide bonds. The second-order valence-electron chi connectivity index (χ2n) is 8.29. The summed E-state index contributed by atoms with van der Waals surface area (Å²) in [5, 5.41) is 13.1. The first kappa shape index (κ1) is 19.6. The third kappa shape index (κ3) is 2.99. The Kier molecular flexibility index (Phi) is 4.65. The fraction of sp³-hybridized carbons (Fsp3) is 0.737. The monoisotopic (exact) mass is 398 g/mol. The van der Waals surface area contributed by atoms with Gasteiger partial charge < -0.3 is 15.2 Å². The maximum absolute atomic E-state index is 13.6. The number of aliphatic hydroxyl groups is 1. The van der Waals surface area contributed by atoms with Gasteiger partial charge in [0.1, 0.15) is 0 Å². The Labute approximate surface area is 161 Å². The van der Waals surface area contributed by atoms with Gasteiger partial charge in [0.25, 0.3) is 0 Å². The zero-order chi connectivity index (χ0) is 20.2. The van der Waals surface area contributed by atoms with Crippen LogP contribution in [0, 0.1) is 11.3 Å². The molecule has 1 spiro atoms. The van der Waals surface area contributed by atoms with Crippen LogP contribution in [0.15, 0.2) is 26.2 Å². The lowest BCUT2D eigenvalue weighted by molar-refractivity contribution is -0.0935. The number of aliphatic hydroxyl groups excluding tert-OH is 1. The summed E-state index contributed by atoms with van der Waals surface area (Å²) >= 11 is 0. The largest absolute Gasteiger partial charge is 0.433 e. The highest BCUT2D eigenvalue weighted by atomic mass is 19.4. The van der Waals surface area contributed by atoms with Crippen LogP contribution >= 0.6 is 0 Å². The Hall–Kier alpha value is -1.74. The van der Waals surface area contributed by atoms with Gasteiger partial charge in [-0.15, -0.1) is 0 Å². The Balaban J connectivity index is 1.71. The lowest BCUT2D eigenvalue weighted by atomic mass is 9.72. The summed E-state index contributed by atoms with van der Waals surface area (Å²) in [4.78, 5) is 12.5. The summed E-state index contributed by atoms with van der Waals surface area (Å²) in [6.07, 6.45) is 1.34. The van der Waals surface area contributed by atoms with Crippen LogP contribution in [0.4, 0.5) is 13.2 Å². The highest BCUT2D eigenvalue weighted by Crippen LogP contribution is 2.68. The summed E-state index contributed by atoms with van der Waals surface area (Å²) in [7, 11) is 1.57. The highest BCUT2D eigenvalue weighted by molar-refractivity contribution is 6.04. The zero-order valence-corrected chi connectivity index (χ0v) is 16.0. The number of hydrogen-bond donors (Lipinski definition) is 2. The van der Waals surface area contributed by atoms with E-state index in [9.17, 15) is 18.3 Å². The molecule has 2 N–H and O–H groups in total. The molecule has 3 atom stereocenters. The Morgan fingerprint density at radius 2 is 2.04 bits per heavy atom. The number of ether oxygens (including phenoxy) is 1. The molecule has 154 valence electrons. The van der Waals surface area contributed by atoms with E-state index < -0.39 is 22.8 Å². The SMILES string of the molecule is COC[C@H](C)N=C1N=CC2=C(C(F)(F)F)N=CC3(C4CCC(O)CC4)CC23N1. The summed E-state index contributed by atoms with van der Waals surface area (Å²) < 4.78 is 45.8. The van der Waals surface area contributed by atoms with Gasteiger partial charge >= 0.3 is 6.18 Å². The van der Waals surface area contributed by atoms with Crippen LogP contribution in [0.5, 0.6) is 0 Å². The predicted octanol–water partition coefficient (Wildman–Crippen LogP) is 2.63. The Bertz CT molecular complexity index is 768. The topological polar surface area (TPSA) is 78.6 Å². The molecule has 0 bridgehead atoms. The van der Waals surface area contributed by atoms with Crippen LogP contribution in [0.2, 0.25) is 0 Å². The first-order valence-electron chi connectivity index (χ1n) is 9.66. The molecule has 2 aliphatic heterocycles. The number of alkyl halides is 3. The lowest BCUT2D eigenvalue weighted by Gasteiger charge is -2.39. The van der Waals surface area contributed by atoms with Crippen molar-refractivity contribution < 1.29 is 23.0 Å². The third-order valence-corrected chi connectivity index (χ3v) is 6.45. The smallest absolute Gasteiger partial charge is 0.393 e. The van der Waals surface area contributed by atoms with Gasteiger partial charge in [-0.25, -0.2) is 9.98 Å². The number of halogens is 3. The van der Waals surface area contributed by atoms with Gasteiger partial charge in [0, 0.05) is 30.5 Å². The fourth-order valence-corrected chi connectivity index (χ4v) is 5.06. The van der Waals surface area contributed by atoms with Gasteiger partial charge in [-0.05, 0) is 44.9 Å². The van der Waals surface area contributed by atoms with E-state index in [0.29, 0.717) is 31.8 Å². The number of allylic oxidation sites excluding steroid dienone is 1. The molecule has 2 aliphatic carbocycles. The maximum atomic E-state index is 13.6. The maximum Gasteiger partial charge on any atom is 0.433 e. The number of nitrogens with zero attached hydrogens (tertiary/aromatic N) is 3. The minimum Gasteiger partial charge on any atom is -0.393 e. The Morgan fingerprint density at radius 3 is 2.68 bits per heavy atom. The van der Waals surface area contributed by atoms with Crippen LogP contribution in [0.25, 0.3) is 0 Å². The number of rotatable bonds is 4. The molecular weight excluding hydrogens is 373 g/mol. The molecule has 6 nitrogen and oxygen atoms in total. The second kappa shape index (κ2) is 6.66. The van der Waals surface area contributed by atoms with Gasteiger partial charge in [-0.2, -0.15) is 13.2 Å². The van der Waals surface area contributed by atoms with Crippen LogP contribution in [-0.2, 0) is 4.74 Å². The Morgan fingerprint density at radius 1 is 1.32 bits per heavy atom. The van der Waals surface area contributed by atoms with E-state index in [-0.39, 0.29) is 23.6 Å². The van der Waals surface area contributed by atoms with E-state index in [1.165, 1.54) is 12.4 Å². The number of methoxy groups -OCH3 is 1. The van der Waals surface area contributed by atoms with Gasteiger partial charge in [0.2, 0.25) is 5.96 Å². The number of nitrogens with one attached hydrogen (secondary N) is 1. The minimum atomic E-state index is -4.54. The van der Waals surface area contributed by atoms with Crippen molar-refractivity contribution in [3.05, 3.63) is 11.3 Å². The molecule has 9 heteroatoms.